The lowest BCUT2D eigenvalue weighted by Crippen LogP contribution is -2.22. The lowest BCUT2D eigenvalue weighted by Gasteiger charge is -2.04. The number of amides is 1. The number of anilines is 2. The number of thiazole rings is 1. The fraction of sp³-hybridized carbons (Fsp3) is 0.125. The molecule has 0 bridgehead atoms. The van der Waals surface area contributed by atoms with Gasteiger partial charge in [0.25, 0.3) is 5.91 Å². The average Bonchev–Trinajstić information content (AvgIpc) is 3.24. The third-order valence-corrected chi connectivity index (χ3v) is 5.16. The van der Waals surface area contributed by atoms with Crippen molar-refractivity contribution < 1.29 is 17.6 Å². The van der Waals surface area contributed by atoms with Crippen molar-refractivity contribution in [2.45, 2.75) is 11.4 Å². The summed E-state index contributed by atoms with van der Waals surface area (Å²) in [5.74, 6) is 0.362. The summed E-state index contributed by atoms with van der Waals surface area (Å²) in [6.45, 7) is 0.291. The van der Waals surface area contributed by atoms with Crippen LogP contribution in [0.15, 0.2) is 57.4 Å². The first-order valence-electron chi connectivity index (χ1n) is 7.25. The second-order valence-corrected chi connectivity index (χ2v) is 8.10. The summed E-state index contributed by atoms with van der Waals surface area (Å²) >= 11 is 1.28. The van der Waals surface area contributed by atoms with E-state index >= 15 is 0 Å². The molecule has 0 aliphatic rings. The number of benzene rings is 1. The van der Waals surface area contributed by atoms with Gasteiger partial charge in [-0.05, 0) is 36.4 Å². The quantitative estimate of drug-likeness (QED) is 0.685. The molecule has 0 saturated carbocycles. The molecule has 1 amide bonds. The van der Waals surface area contributed by atoms with Gasteiger partial charge >= 0.3 is 0 Å². The number of rotatable bonds is 6. The van der Waals surface area contributed by atoms with Crippen LogP contribution in [0, 0.1) is 0 Å². The Morgan fingerprint density at radius 3 is 2.64 bits per heavy atom. The third-order valence-electron chi connectivity index (χ3n) is 3.27. The van der Waals surface area contributed by atoms with Crippen molar-refractivity contribution in [2.24, 2.45) is 0 Å². The minimum Gasteiger partial charge on any atom is -0.467 e. The summed E-state index contributed by atoms with van der Waals surface area (Å²) in [7, 11) is -3.23. The number of nitrogens with one attached hydrogen (secondary N) is 2. The summed E-state index contributed by atoms with van der Waals surface area (Å²) < 4.78 is 28.0. The van der Waals surface area contributed by atoms with Crippen molar-refractivity contribution in [3.05, 3.63) is 59.5 Å². The molecule has 2 N–H and O–H groups in total. The number of sulfone groups is 1. The third kappa shape index (κ3) is 4.46. The molecule has 0 radical (unpaired) electrons. The summed E-state index contributed by atoms with van der Waals surface area (Å²) in [5.41, 5.74) is 0.983. The van der Waals surface area contributed by atoms with Crippen molar-refractivity contribution >= 4 is 37.9 Å². The monoisotopic (exact) mass is 377 g/mol. The molecule has 2 aromatic heterocycles. The number of aromatic nitrogens is 1. The Bertz CT molecular complexity index is 961. The molecule has 0 fully saturated rings. The van der Waals surface area contributed by atoms with Crippen LogP contribution in [0.1, 0.15) is 16.2 Å². The molecule has 0 aliphatic heterocycles. The van der Waals surface area contributed by atoms with Gasteiger partial charge in [0.1, 0.15) is 11.5 Å². The molecule has 0 atom stereocenters. The van der Waals surface area contributed by atoms with Crippen molar-refractivity contribution in [2.75, 3.05) is 11.6 Å². The highest BCUT2D eigenvalue weighted by atomic mass is 32.2. The maximum Gasteiger partial charge on any atom is 0.271 e. The van der Waals surface area contributed by atoms with E-state index in [1.54, 1.807) is 35.9 Å². The van der Waals surface area contributed by atoms with E-state index < -0.39 is 9.84 Å². The molecule has 7 nitrogen and oxygen atoms in total. The predicted molar refractivity (Wildman–Crippen MR) is 94.8 cm³/mol. The lowest BCUT2D eigenvalue weighted by atomic mass is 10.3. The Morgan fingerprint density at radius 1 is 1.24 bits per heavy atom. The maximum absolute atomic E-state index is 12.1. The number of carbonyl (C=O) groups excluding carboxylic acids is 1. The first-order chi connectivity index (χ1) is 11.9. The van der Waals surface area contributed by atoms with Crippen LogP contribution < -0.4 is 10.6 Å². The molecule has 0 unspecified atom stereocenters. The van der Waals surface area contributed by atoms with Gasteiger partial charge in [-0.15, -0.1) is 11.3 Å². The van der Waals surface area contributed by atoms with E-state index in [0.717, 1.165) is 6.26 Å². The zero-order valence-electron chi connectivity index (χ0n) is 13.2. The topological polar surface area (TPSA) is 101 Å². The first-order valence-corrected chi connectivity index (χ1v) is 10.0. The molecule has 3 aromatic rings. The highest BCUT2D eigenvalue weighted by Gasteiger charge is 2.12. The van der Waals surface area contributed by atoms with Gasteiger partial charge < -0.3 is 15.1 Å². The fourth-order valence-corrected chi connectivity index (χ4v) is 3.36. The van der Waals surface area contributed by atoms with Crippen LogP contribution in [0.3, 0.4) is 0 Å². The van der Waals surface area contributed by atoms with Crippen molar-refractivity contribution in [1.29, 1.82) is 0 Å². The van der Waals surface area contributed by atoms with Crippen LogP contribution in [-0.4, -0.2) is 25.6 Å². The second kappa shape index (κ2) is 7.08. The van der Waals surface area contributed by atoms with Gasteiger partial charge in [-0.2, -0.15) is 0 Å². The number of furan rings is 1. The van der Waals surface area contributed by atoms with Crippen molar-refractivity contribution in [1.82, 2.24) is 10.3 Å². The van der Waals surface area contributed by atoms with E-state index in [4.69, 9.17) is 4.42 Å². The predicted octanol–water partition coefficient (Wildman–Crippen LogP) is 2.81. The van der Waals surface area contributed by atoms with E-state index in [1.807, 2.05) is 0 Å². The summed E-state index contributed by atoms with van der Waals surface area (Å²) in [6, 6.07) is 9.85. The van der Waals surface area contributed by atoms with Gasteiger partial charge in [-0.3, -0.25) is 4.79 Å². The van der Waals surface area contributed by atoms with Crippen LogP contribution in [-0.2, 0) is 16.4 Å². The maximum atomic E-state index is 12.1. The molecule has 0 saturated heterocycles. The second-order valence-electron chi connectivity index (χ2n) is 5.22. The minimum absolute atomic E-state index is 0.246. The smallest absolute Gasteiger partial charge is 0.271 e. The Morgan fingerprint density at radius 2 is 2.00 bits per heavy atom. The number of nitrogens with zero attached hydrogens (tertiary/aromatic N) is 1. The minimum atomic E-state index is -3.23. The summed E-state index contributed by atoms with van der Waals surface area (Å²) in [4.78, 5) is 16.5. The SMILES string of the molecule is CS(=O)(=O)c1ccc(Nc2nc(C(=O)NCc3ccco3)cs2)cc1. The van der Waals surface area contributed by atoms with Crippen molar-refractivity contribution in [3.63, 3.8) is 0 Å². The molecule has 2 heterocycles. The average molecular weight is 377 g/mol. The number of hydrogen-bond acceptors (Lipinski definition) is 7. The number of hydrogen-bond donors (Lipinski definition) is 2. The van der Waals surface area contributed by atoms with Gasteiger partial charge in [0, 0.05) is 17.3 Å². The van der Waals surface area contributed by atoms with E-state index in [0.29, 0.717) is 28.8 Å². The van der Waals surface area contributed by atoms with Crippen LogP contribution in [0.25, 0.3) is 0 Å². The van der Waals surface area contributed by atoms with E-state index in [2.05, 4.69) is 15.6 Å². The Kier molecular flexibility index (Phi) is 4.86. The summed E-state index contributed by atoms with van der Waals surface area (Å²) in [6.07, 6.45) is 2.70. The van der Waals surface area contributed by atoms with Gasteiger partial charge in [-0.25, -0.2) is 13.4 Å². The molecule has 1 aromatic carbocycles. The molecule has 3 rings (SSSR count). The van der Waals surface area contributed by atoms with Gasteiger partial charge in [0.2, 0.25) is 0 Å². The molecule has 25 heavy (non-hydrogen) atoms. The normalized spacial score (nSPS) is 11.2. The Hall–Kier alpha value is -2.65. The Balaban J connectivity index is 1.62. The highest BCUT2D eigenvalue weighted by molar-refractivity contribution is 7.90. The van der Waals surface area contributed by atoms with Gasteiger partial charge in [0.05, 0.1) is 17.7 Å². The molecule has 0 spiro atoms. The molecular formula is C16H15N3O4S2. The first kappa shape index (κ1) is 17.2. The van der Waals surface area contributed by atoms with E-state index in [9.17, 15) is 13.2 Å². The molecule has 9 heteroatoms. The summed E-state index contributed by atoms with van der Waals surface area (Å²) in [5, 5.41) is 7.94. The van der Waals surface area contributed by atoms with Crippen molar-refractivity contribution in [3.8, 4) is 0 Å². The van der Waals surface area contributed by atoms with Crippen LogP contribution in [0.2, 0.25) is 0 Å². The Labute approximate surface area is 148 Å². The molecule has 0 aliphatic carbocycles. The molecular weight excluding hydrogens is 362 g/mol. The van der Waals surface area contributed by atoms with E-state index in [-0.39, 0.29) is 10.8 Å². The van der Waals surface area contributed by atoms with E-state index in [1.165, 1.54) is 23.5 Å². The van der Waals surface area contributed by atoms with Crippen LogP contribution in [0.5, 0.6) is 0 Å². The van der Waals surface area contributed by atoms with Gasteiger partial charge in [0.15, 0.2) is 15.0 Å². The largest absolute Gasteiger partial charge is 0.467 e. The molecule has 130 valence electrons. The lowest BCUT2D eigenvalue weighted by molar-refractivity contribution is 0.0944. The standard InChI is InChI=1S/C16H15N3O4S2/c1-25(21,22)13-6-4-11(5-7-13)18-16-19-14(10-24-16)15(20)17-9-12-3-2-8-23-12/h2-8,10H,9H2,1H3,(H,17,20)(H,18,19). The van der Waals surface area contributed by atoms with Crippen LogP contribution in [0.4, 0.5) is 10.8 Å². The van der Waals surface area contributed by atoms with Crippen LogP contribution >= 0.6 is 11.3 Å². The highest BCUT2D eigenvalue weighted by Crippen LogP contribution is 2.22. The fourth-order valence-electron chi connectivity index (χ4n) is 2.02. The number of carbonyl (C=O) groups is 1. The van der Waals surface area contributed by atoms with Gasteiger partial charge in [-0.1, -0.05) is 0 Å². The zero-order valence-corrected chi connectivity index (χ0v) is 14.9. The zero-order chi connectivity index (χ0) is 17.9.